The lowest BCUT2D eigenvalue weighted by Gasteiger charge is -2.23. The highest BCUT2D eigenvalue weighted by atomic mass is 16.7. The van der Waals surface area contributed by atoms with E-state index in [1.165, 1.54) is 23.1 Å². The van der Waals surface area contributed by atoms with Gasteiger partial charge in [0.2, 0.25) is 0 Å². The van der Waals surface area contributed by atoms with Crippen LogP contribution in [0.4, 0.5) is 0 Å². The fourth-order valence-electron chi connectivity index (χ4n) is 4.17. The van der Waals surface area contributed by atoms with Crippen LogP contribution >= 0.6 is 0 Å². The first-order chi connectivity index (χ1) is 16.3. The molecule has 0 radical (unpaired) electrons. The van der Waals surface area contributed by atoms with Crippen LogP contribution in [0.15, 0.2) is 79.1 Å². The summed E-state index contributed by atoms with van der Waals surface area (Å²) in [5.41, 5.74) is 4.75. The summed E-state index contributed by atoms with van der Waals surface area (Å²) in [5, 5.41) is 0. The van der Waals surface area contributed by atoms with Gasteiger partial charge in [0.15, 0.2) is 6.29 Å². The normalized spacial score (nSPS) is 16.1. The Morgan fingerprint density at radius 1 is 0.848 bits per heavy atom. The predicted molar refractivity (Wildman–Crippen MR) is 130 cm³/mol. The molecule has 33 heavy (non-hydrogen) atoms. The van der Waals surface area contributed by atoms with Gasteiger partial charge in [-0.15, -0.1) is 0 Å². The zero-order chi connectivity index (χ0) is 22.3. The highest BCUT2D eigenvalue weighted by Crippen LogP contribution is 2.20. The Bertz CT molecular complexity index is 1150. The van der Waals surface area contributed by atoms with E-state index in [9.17, 15) is 0 Å². The van der Waals surface area contributed by atoms with E-state index in [0.29, 0.717) is 6.61 Å². The second-order valence-corrected chi connectivity index (χ2v) is 8.48. The molecule has 1 aromatic heterocycles. The minimum absolute atomic E-state index is 0.102. The van der Waals surface area contributed by atoms with Crippen molar-refractivity contribution in [3.8, 4) is 11.5 Å². The van der Waals surface area contributed by atoms with Gasteiger partial charge in [-0.2, -0.15) is 0 Å². The monoisotopic (exact) mass is 442 g/mol. The van der Waals surface area contributed by atoms with Crippen molar-refractivity contribution < 1.29 is 14.2 Å². The molecule has 0 aliphatic carbocycles. The number of ether oxygens (including phenoxy) is 3. The number of aromatic nitrogens is 2. The van der Waals surface area contributed by atoms with Crippen LogP contribution in [0.2, 0.25) is 0 Å². The van der Waals surface area contributed by atoms with Crippen molar-refractivity contribution in [2.24, 2.45) is 0 Å². The summed E-state index contributed by atoms with van der Waals surface area (Å²) >= 11 is 0. The third kappa shape index (κ3) is 5.74. The predicted octanol–water partition coefficient (Wildman–Crippen LogP) is 5.81. The van der Waals surface area contributed by atoms with E-state index in [1.54, 1.807) is 0 Å². The molecule has 1 aliphatic rings. The molecule has 0 N–H and O–H groups in total. The van der Waals surface area contributed by atoms with Crippen LogP contribution in [-0.2, 0) is 24.1 Å². The van der Waals surface area contributed by atoms with Crippen molar-refractivity contribution in [2.75, 3.05) is 13.2 Å². The Kier molecular flexibility index (Phi) is 6.88. The third-order valence-corrected chi connectivity index (χ3v) is 6.08. The average Bonchev–Trinajstić information content (AvgIpc) is 3.28. The zero-order valence-electron chi connectivity index (χ0n) is 18.9. The Labute approximate surface area is 194 Å². The Morgan fingerprint density at radius 3 is 2.39 bits per heavy atom. The Balaban J connectivity index is 1.06. The molecular weight excluding hydrogens is 412 g/mol. The fourth-order valence-corrected chi connectivity index (χ4v) is 4.17. The number of rotatable bonds is 9. The van der Waals surface area contributed by atoms with Gasteiger partial charge in [-0.25, -0.2) is 4.98 Å². The number of para-hydroxylation sites is 2. The van der Waals surface area contributed by atoms with Crippen LogP contribution in [0.5, 0.6) is 11.5 Å². The van der Waals surface area contributed by atoms with Gasteiger partial charge < -0.3 is 18.8 Å². The molecule has 1 saturated heterocycles. The van der Waals surface area contributed by atoms with Crippen LogP contribution < -0.4 is 9.47 Å². The van der Waals surface area contributed by atoms with Crippen LogP contribution in [0, 0.1) is 0 Å². The fraction of sp³-hybridized carbons (Fsp3) is 0.321. The molecule has 0 spiro atoms. The molecule has 0 amide bonds. The summed E-state index contributed by atoms with van der Waals surface area (Å²) in [7, 11) is 0. The summed E-state index contributed by atoms with van der Waals surface area (Å²) in [5.74, 6) is 1.77. The highest BCUT2D eigenvalue weighted by Gasteiger charge is 2.14. The smallest absolute Gasteiger partial charge is 0.199 e. The van der Waals surface area contributed by atoms with E-state index in [4.69, 9.17) is 14.2 Å². The summed E-state index contributed by atoms with van der Waals surface area (Å²) in [6, 6.07) is 24.9. The lowest BCUT2D eigenvalue weighted by molar-refractivity contribution is -0.105. The van der Waals surface area contributed by atoms with Crippen molar-refractivity contribution in [3.05, 3.63) is 90.3 Å². The lowest BCUT2D eigenvalue weighted by atomic mass is 10.1. The summed E-state index contributed by atoms with van der Waals surface area (Å²) in [6.45, 7) is 2.35. The van der Waals surface area contributed by atoms with Gasteiger partial charge in [0.05, 0.1) is 30.6 Å². The Hall–Kier alpha value is -3.31. The molecule has 4 aromatic rings. The maximum Gasteiger partial charge on any atom is 0.199 e. The number of imidazole rings is 1. The van der Waals surface area contributed by atoms with Gasteiger partial charge in [-0.05, 0) is 66.8 Å². The number of aryl methyl sites for hydroxylation is 2. The third-order valence-electron chi connectivity index (χ3n) is 6.08. The van der Waals surface area contributed by atoms with Crippen molar-refractivity contribution >= 4 is 11.0 Å². The first-order valence-electron chi connectivity index (χ1n) is 11.8. The molecule has 1 fully saturated rings. The number of nitrogens with zero attached hydrogens (tertiary/aromatic N) is 2. The molecule has 5 heteroatoms. The van der Waals surface area contributed by atoms with E-state index in [-0.39, 0.29) is 6.29 Å². The van der Waals surface area contributed by atoms with E-state index < -0.39 is 0 Å². The van der Waals surface area contributed by atoms with Crippen molar-refractivity contribution in [2.45, 2.75) is 44.9 Å². The molecule has 1 atom stereocenters. The van der Waals surface area contributed by atoms with Crippen LogP contribution in [-0.4, -0.2) is 29.1 Å². The van der Waals surface area contributed by atoms with Crippen molar-refractivity contribution in [3.63, 3.8) is 0 Å². The average molecular weight is 443 g/mol. The summed E-state index contributed by atoms with van der Waals surface area (Å²) in [6.07, 6.45) is 6.90. The second-order valence-electron chi connectivity index (χ2n) is 8.48. The van der Waals surface area contributed by atoms with Gasteiger partial charge in [-0.1, -0.05) is 36.4 Å². The second kappa shape index (κ2) is 10.5. The van der Waals surface area contributed by atoms with E-state index in [2.05, 4.69) is 58.1 Å². The highest BCUT2D eigenvalue weighted by molar-refractivity contribution is 5.74. The van der Waals surface area contributed by atoms with E-state index >= 15 is 0 Å². The number of fused-ring (bicyclic) bond motifs is 1. The maximum absolute atomic E-state index is 5.96. The molecular formula is C28H30N2O3. The van der Waals surface area contributed by atoms with E-state index in [1.807, 2.05) is 30.6 Å². The molecule has 5 nitrogen and oxygen atoms in total. The van der Waals surface area contributed by atoms with Gasteiger partial charge in [0.1, 0.15) is 11.5 Å². The maximum atomic E-state index is 5.96. The van der Waals surface area contributed by atoms with Crippen LogP contribution in [0.1, 0.15) is 30.4 Å². The minimum atomic E-state index is -0.102. The van der Waals surface area contributed by atoms with Gasteiger partial charge in [-0.3, -0.25) is 0 Å². The molecule has 3 aromatic carbocycles. The van der Waals surface area contributed by atoms with Gasteiger partial charge >= 0.3 is 0 Å². The minimum Gasteiger partial charge on any atom is -0.493 e. The van der Waals surface area contributed by atoms with Crippen LogP contribution in [0.3, 0.4) is 0 Å². The van der Waals surface area contributed by atoms with E-state index in [0.717, 1.165) is 55.9 Å². The molecule has 0 saturated carbocycles. The number of hydrogen-bond acceptors (Lipinski definition) is 4. The largest absolute Gasteiger partial charge is 0.493 e. The molecule has 0 bridgehead atoms. The first kappa shape index (κ1) is 21.5. The quantitative estimate of drug-likeness (QED) is 0.328. The Morgan fingerprint density at radius 2 is 1.61 bits per heavy atom. The molecule has 5 rings (SSSR count). The van der Waals surface area contributed by atoms with Crippen LogP contribution in [0.25, 0.3) is 11.0 Å². The summed E-state index contributed by atoms with van der Waals surface area (Å²) in [4.78, 5) is 4.47. The number of hydrogen-bond donors (Lipinski definition) is 0. The molecule has 2 heterocycles. The topological polar surface area (TPSA) is 45.5 Å². The van der Waals surface area contributed by atoms with Crippen molar-refractivity contribution in [1.29, 1.82) is 0 Å². The summed E-state index contributed by atoms with van der Waals surface area (Å²) < 4.78 is 19.7. The van der Waals surface area contributed by atoms with Gasteiger partial charge in [0.25, 0.3) is 0 Å². The number of benzene rings is 3. The van der Waals surface area contributed by atoms with Crippen molar-refractivity contribution in [1.82, 2.24) is 9.55 Å². The molecule has 170 valence electrons. The van der Waals surface area contributed by atoms with Gasteiger partial charge in [0, 0.05) is 19.4 Å². The zero-order valence-corrected chi connectivity index (χ0v) is 18.9. The SMILES string of the molecule is c1ccc2c(c1)ncn2CCc1ccc(OCCc2ccc(OC3CCCCO3)cc2)cc1. The standard InChI is InChI=1S/C28H30N2O3/c1-2-6-27-26(5-1)29-21-30(27)18-16-22-8-12-24(13-9-22)31-20-17-23-10-14-25(15-11-23)33-28-7-3-4-19-32-28/h1-2,5-6,8-15,21,28H,3-4,7,16-20H2. The molecule has 1 aliphatic heterocycles. The lowest BCUT2D eigenvalue weighted by Crippen LogP contribution is -2.24. The molecule has 1 unspecified atom stereocenters. The first-order valence-corrected chi connectivity index (χ1v) is 11.8.